The summed E-state index contributed by atoms with van der Waals surface area (Å²) in [4.78, 5) is 9.07. The molecular formula is C12H21N3OS. The molecule has 1 fully saturated rings. The minimum absolute atomic E-state index is 0.586. The van der Waals surface area contributed by atoms with Crippen molar-refractivity contribution < 1.29 is 5.11 Å². The molecule has 0 aromatic carbocycles. The highest BCUT2D eigenvalue weighted by atomic mass is 32.1. The minimum Gasteiger partial charge on any atom is -0.389 e. The molecule has 17 heavy (non-hydrogen) atoms. The van der Waals surface area contributed by atoms with Gasteiger partial charge in [0, 0.05) is 44.6 Å². The molecule has 1 aliphatic heterocycles. The normalized spacial score (nSPS) is 19.7. The molecule has 0 spiro atoms. The highest BCUT2D eigenvalue weighted by molar-refractivity contribution is 7.07. The first-order valence-corrected chi connectivity index (χ1v) is 7.01. The molecule has 4 nitrogen and oxygen atoms in total. The van der Waals surface area contributed by atoms with Crippen LogP contribution in [0.1, 0.15) is 19.5 Å². The van der Waals surface area contributed by atoms with Crippen LogP contribution in [0.25, 0.3) is 0 Å². The van der Waals surface area contributed by atoms with E-state index in [0.717, 1.165) is 39.3 Å². The van der Waals surface area contributed by atoms with Crippen molar-refractivity contribution in [1.29, 1.82) is 0 Å². The predicted octanol–water partition coefficient (Wildman–Crippen LogP) is 1.03. The molecular weight excluding hydrogens is 234 g/mol. The molecule has 0 aliphatic carbocycles. The van der Waals surface area contributed by atoms with Crippen molar-refractivity contribution in [1.82, 2.24) is 14.8 Å². The molecule has 1 aliphatic rings. The number of hydrogen-bond acceptors (Lipinski definition) is 5. The molecule has 1 saturated heterocycles. The van der Waals surface area contributed by atoms with Gasteiger partial charge in [-0.05, 0) is 13.8 Å². The topological polar surface area (TPSA) is 39.6 Å². The molecule has 1 aromatic heterocycles. The van der Waals surface area contributed by atoms with E-state index in [0.29, 0.717) is 0 Å². The third-order valence-electron chi connectivity index (χ3n) is 2.94. The summed E-state index contributed by atoms with van der Waals surface area (Å²) in [5, 5.41) is 11.9. The zero-order chi connectivity index (χ0) is 12.3. The van der Waals surface area contributed by atoms with Gasteiger partial charge >= 0.3 is 0 Å². The smallest absolute Gasteiger partial charge is 0.0795 e. The third kappa shape index (κ3) is 4.35. The number of rotatable bonds is 4. The Morgan fingerprint density at radius 2 is 1.94 bits per heavy atom. The Kier molecular flexibility index (Phi) is 4.14. The summed E-state index contributed by atoms with van der Waals surface area (Å²) in [6.45, 7) is 9.66. The molecule has 1 N–H and O–H groups in total. The molecule has 5 heteroatoms. The largest absolute Gasteiger partial charge is 0.389 e. The van der Waals surface area contributed by atoms with E-state index in [2.05, 4.69) is 20.2 Å². The van der Waals surface area contributed by atoms with Gasteiger partial charge in [0.25, 0.3) is 0 Å². The summed E-state index contributed by atoms with van der Waals surface area (Å²) in [5.74, 6) is 0. The number of β-amino-alcohol motifs (C(OH)–C–C–N with tert-alkyl or cyclic N) is 1. The first kappa shape index (κ1) is 13.0. The van der Waals surface area contributed by atoms with Crippen LogP contribution in [0.4, 0.5) is 0 Å². The minimum atomic E-state index is -0.586. The van der Waals surface area contributed by atoms with E-state index in [1.165, 1.54) is 5.69 Å². The Labute approximate surface area is 107 Å². The summed E-state index contributed by atoms with van der Waals surface area (Å²) in [6, 6.07) is 0. The Bertz CT molecular complexity index is 326. The van der Waals surface area contributed by atoms with E-state index in [1.807, 2.05) is 19.4 Å². The number of piperazine rings is 1. The maximum absolute atomic E-state index is 9.78. The van der Waals surface area contributed by atoms with Crippen LogP contribution in [0.2, 0.25) is 0 Å². The molecule has 0 amide bonds. The van der Waals surface area contributed by atoms with Gasteiger partial charge in [-0.15, -0.1) is 11.3 Å². The molecule has 96 valence electrons. The Morgan fingerprint density at radius 1 is 1.29 bits per heavy atom. The van der Waals surface area contributed by atoms with Crippen LogP contribution in [0.15, 0.2) is 10.9 Å². The molecule has 0 saturated carbocycles. The maximum Gasteiger partial charge on any atom is 0.0795 e. The number of hydrogen-bond donors (Lipinski definition) is 1. The van der Waals surface area contributed by atoms with E-state index < -0.39 is 5.60 Å². The fraction of sp³-hybridized carbons (Fsp3) is 0.750. The second-order valence-electron chi connectivity index (χ2n) is 5.34. The number of thiazole rings is 1. The summed E-state index contributed by atoms with van der Waals surface area (Å²) in [6.07, 6.45) is 0. The summed E-state index contributed by atoms with van der Waals surface area (Å²) >= 11 is 1.66. The fourth-order valence-electron chi connectivity index (χ4n) is 2.20. The standard InChI is InChI=1S/C12H21N3OS/c1-12(2,16)9-15-5-3-14(4-6-15)7-11-8-17-10-13-11/h8,10,16H,3-7,9H2,1-2H3. The van der Waals surface area contributed by atoms with Crippen molar-refractivity contribution in [3.8, 4) is 0 Å². The lowest BCUT2D eigenvalue weighted by Crippen LogP contribution is -2.50. The Morgan fingerprint density at radius 3 is 2.47 bits per heavy atom. The van der Waals surface area contributed by atoms with Gasteiger partial charge < -0.3 is 5.11 Å². The van der Waals surface area contributed by atoms with Crippen molar-refractivity contribution in [2.75, 3.05) is 32.7 Å². The van der Waals surface area contributed by atoms with Gasteiger partial charge in [0.15, 0.2) is 0 Å². The Hall–Kier alpha value is -0.490. The summed E-state index contributed by atoms with van der Waals surface area (Å²) in [5.41, 5.74) is 2.47. The van der Waals surface area contributed by atoms with Crippen LogP contribution < -0.4 is 0 Å². The average Bonchev–Trinajstić information content (AvgIpc) is 2.71. The van der Waals surface area contributed by atoms with Gasteiger partial charge in [-0.3, -0.25) is 9.80 Å². The monoisotopic (exact) mass is 255 g/mol. The van der Waals surface area contributed by atoms with Crippen LogP contribution in [0.5, 0.6) is 0 Å². The summed E-state index contributed by atoms with van der Waals surface area (Å²) in [7, 11) is 0. The highest BCUT2D eigenvalue weighted by Gasteiger charge is 2.22. The van der Waals surface area contributed by atoms with E-state index in [-0.39, 0.29) is 0 Å². The molecule has 0 bridgehead atoms. The first-order valence-electron chi connectivity index (χ1n) is 6.07. The quantitative estimate of drug-likeness (QED) is 0.872. The van der Waals surface area contributed by atoms with E-state index in [1.54, 1.807) is 11.3 Å². The van der Waals surface area contributed by atoms with E-state index >= 15 is 0 Å². The van der Waals surface area contributed by atoms with Crippen LogP contribution >= 0.6 is 11.3 Å². The zero-order valence-electron chi connectivity index (χ0n) is 10.6. The number of nitrogens with zero attached hydrogens (tertiary/aromatic N) is 3. The lowest BCUT2D eigenvalue weighted by atomic mass is 10.1. The van der Waals surface area contributed by atoms with Crippen molar-refractivity contribution in [3.63, 3.8) is 0 Å². The average molecular weight is 255 g/mol. The summed E-state index contributed by atoms with van der Waals surface area (Å²) < 4.78 is 0. The lowest BCUT2D eigenvalue weighted by Gasteiger charge is -2.37. The molecule has 2 rings (SSSR count). The fourth-order valence-corrected chi connectivity index (χ4v) is 2.75. The van der Waals surface area contributed by atoms with Crippen LogP contribution in [-0.2, 0) is 6.54 Å². The number of aliphatic hydroxyl groups is 1. The molecule has 0 atom stereocenters. The van der Waals surface area contributed by atoms with Gasteiger partial charge in [-0.2, -0.15) is 0 Å². The molecule has 0 radical (unpaired) electrons. The van der Waals surface area contributed by atoms with E-state index in [4.69, 9.17) is 0 Å². The van der Waals surface area contributed by atoms with Crippen molar-refractivity contribution >= 4 is 11.3 Å². The van der Waals surface area contributed by atoms with Crippen molar-refractivity contribution in [2.24, 2.45) is 0 Å². The number of aromatic nitrogens is 1. The van der Waals surface area contributed by atoms with Crippen molar-refractivity contribution in [3.05, 3.63) is 16.6 Å². The first-order chi connectivity index (χ1) is 8.03. The SMILES string of the molecule is CC(C)(O)CN1CCN(Cc2cscn2)CC1. The van der Waals surface area contributed by atoms with Gasteiger partial charge in [0.05, 0.1) is 16.8 Å². The molecule has 0 unspecified atom stereocenters. The van der Waals surface area contributed by atoms with Crippen LogP contribution in [-0.4, -0.2) is 58.2 Å². The molecule has 2 heterocycles. The maximum atomic E-state index is 9.78. The van der Waals surface area contributed by atoms with Gasteiger partial charge in [-0.25, -0.2) is 4.98 Å². The second kappa shape index (κ2) is 5.44. The van der Waals surface area contributed by atoms with Gasteiger partial charge in [-0.1, -0.05) is 0 Å². The third-order valence-corrected chi connectivity index (χ3v) is 3.58. The van der Waals surface area contributed by atoms with E-state index in [9.17, 15) is 5.11 Å². The Balaban J connectivity index is 1.74. The highest BCUT2D eigenvalue weighted by Crippen LogP contribution is 2.11. The van der Waals surface area contributed by atoms with Crippen LogP contribution in [0, 0.1) is 0 Å². The second-order valence-corrected chi connectivity index (χ2v) is 6.06. The zero-order valence-corrected chi connectivity index (χ0v) is 11.4. The lowest BCUT2D eigenvalue weighted by molar-refractivity contribution is 0.0165. The van der Waals surface area contributed by atoms with Crippen LogP contribution in [0.3, 0.4) is 0 Å². The predicted molar refractivity (Wildman–Crippen MR) is 70.1 cm³/mol. The van der Waals surface area contributed by atoms with Gasteiger partial charge in [0.2, 0.25) is 0 Å². The molecule has 1 aromatic rings. The van der Waals surface area contributed by atoms with Gasteiger partial charge in [0.1, 0.15) is 0 Å². The van der Waals surface area contributed by atoms with Crippen molar-refractivity contribution in [2.45, 2.75) is 26.0 Å².